The van der Waals surface area contributed by atoms with E-state index in [9.17, 15) is 14.4 Å². The van der Waals surface area contributed by atoms with Crippen molar-refractivity contribution in [2.45, 2.75) is 26.7 Å². The van der Waals surface area contributed by atoms with Crippen LogP contribution in [0.5, 0.6) is 0 Å². The number of para-hydroxylation sites is 1. The largest absolute Gasteiger partial charge is 0.465 e. The third-order valence-electron chi connectivity index (χ3n) is 6.81. The van der Waals surface area contributed by atoms with Crippen molar-refractivity contribution in [2.24, 2.45) is 5.92 Å². The van der Waals surface area contributed by atoms with E-state index in [-0.39, 0.29) is 17.7 Å². The molecular weight excluding hydrogens is 420 g/mol. The van der Waals surface area contributed by atoms with Gasteiger partial charge in [-0.3, -0.25) is 9.59 Å². The van der Waals surface area contributed by atoms with Crippen LogP contribution in [0, 0.1) is 19.8 Å². The summed E-state index contributed by atoms with van der Waals surface area (Å²) in [7, 11) is 1.33. The first-order valence-electron chi connectivity index (χ1n) is 11.6. The summed E-state index contributed by atoms with van der Waals surface area (Å²) in [4.78, 5) is 47.6. The minimum atomic E-state index is -0.457. The highest BCUT2D eigenvalue weighted by molar-refractivity contribution is 6.00. The molecule has 1 aromatic carbocycles. The Morgan fingerprint density at radius 3 is 2.33 bits per heavy atom. The number of benzene rings is 1. The first-order chi connectivity index (χ1) is 15.9. The fourth-order valence-corrected chi connectivity index (χ4v) is 4.98. The second-order valence-corrected chi connectivity index (χ2v) is 8.85. The molecular formula is C25H32N4O4. The second kappa shape index (κ2) is 9.68. The summed E-state index contributed by atoms with van der Waals surface area (Å²) in [5.41, 5.74) is 3.19. The van der Waals surface area contributed by atoms with Crippen LogP contribution in [0.1, 0.15) is 44.9 Å². The number of carbonyl (C=O) groups excluding carboxylic acids is 3. The molecule has 2 saturated heterocycles. The Balaban J connectivity index is 1.39. The van der Waals surface area contributed by atoms with E-state index in [1.807, 2.05) is 23.1 Å². The summed E-state index contributed by atoms with van der Waals surface area (Å²) in [5, 5.41) is 0. The number of piperidine rings is 1. The third-order valence-corrected chi connectivity index (χ3v) is 6.81. The number of likely N-dealkylation sites (tertiary alicyclic amines) is 1. The topological polar surface area (TPSA) is 85.9 Å². The maximum atomic E-state index is 13.3. The molecule has 2 fully saturated rings. The lowest BCUT2D eigenvalue weighted by molar-refractivity contribution is -0.137. The second-order valence-electron chi connectivity index (χ2n) is 8.85. The normalized spacial score (nSPS) is 18.9. The van der Waals surface area contributed by atoms with E-state index in [1.54, 1.807) is 18.7 Å². The van der Waals surface area contributed by atoms with Gasteiger partial charge in [0.15, 0.2) is 0 Å². The molecule has 33 heavy (non-hydrogen) atoms. The van der Waals surface area contributed by atoms with Gasteiger partial charge in [-0.2, -0.15) is 0 Å². The van der Waals surface area contributed by atoms with Gasteiger partial charge in [0.05, 0.1) is 18.6 Å². The highest BCUT2D eigenvalue weighted by Crippen LogP contribution is 2.25. The summed E-state index contributed by atoms with van der Waals surface area (Å²) in [6.07, 6.45) is 1.58. The van der Waals surface area contributed by atoms with Crippen LogP contribution in [0.4, 0.5) is 5.69 Å². The number of anilines is 1. The van der Waals surface area contributed by atoms with E-state index in [2.05, 4.69) is 22.0 Å². The first kappa shape index (κ1) is 22.9. The quantitative estimate of drug-likeness (QED) is 0.721. The molecule has 1 atom stereocenters. The maximum absolute atomic E-state index is 13.3. The number of hydrogen-bond acceptors (Lipinski definition) is 5. The van der Waals surface area contributed by atoms with E-state index in [4.69, 9.17) is 4.74 Å². The number of rotatable bonds is 4. The number of methoxy groups -OCH3 is 1. The van der Waals surface area contributed by atoms with Gasteiger partial charge in [-0.15, -0.1) is 0 Å². The number of carbonyl (C=O) groups is 3. The number of hydrogen-bond donors (Lipinski definition) is 1. The number of piperazine rings is 1. The Labute approximate surface area is 194 Å². The number of amides is 2. The van der Waals surface area contributed by atoms with Crippen LogP contribution in [0.25, 0.3) is 0 Å². The van der Waals surface area contributed by atoms with E-state index < -0.39 is 5.97 Å². The average Bonchev–Trinajstić information content (AvgIpc) is 3.17. The van der Waals surface area contributed by atoms with E-state index in [0.29, 0.717) is 48.7 Å². The van der Waals surface area contributed by atoms with Crippen molar-refractivity contribution >= 4 is 23.5 Å². The molecule has 0 saturated carbocycles. The Kier molecular flexibility index (Phi) is 6.72. The lowest BCUT2D eigenvalue weighted by Crippen LogP contribution is -2.53. The highest BCUT2D eigenvalue weighted by atomic mass is 16.5. The molecule has 2 aliphatic rings. The molecule has 0 spiro atoms. The minimum Gasteiger partial charge on any atom is -0.465 e. The molecule has 3 heterocycles. The maximum Gasteiger partial charge on any atom is 0.339 e. The Hall–Kier alpha value is -3.29. The summed E-state index contributed by atoms with van der Waals surface area (Å²) in [6, 6.07) is 10.3. The lowest BCUT2D eigenvalue weighted by Gasteiger charge is -2.39. The minimum absolute atomic E-state index is 0.134. The predicted molar refractivity (Wildman–Crippen MR) is 125 cm³/mol. The average molecular weight is 453 g/mol. The summed E-state index contributed by atoms with van der Waals surface area (Å²) < 4.78 is 4.85. The lowest BCUT2D eigenvalue weighted by atomic mass is 9.95. The molecule has 0 aliphatic carbocycles. The predicted octanol–water partition coefficient (Wildman–Crippen LogP) is 2.62. The molecule has 2 aromatic rings. The number of aromatic nitrogens is 1. The van der Waals surface area contributed by atoms with Crippen molar-refractivity contribution in [1.82, 2.24) is 14.8 Å². The van der Waals surface area contributed by atoms with Gasteiger partial charge in [0.25, 0.3) is 5.91 Å². The molecule has 4 rings (SSSR count). The van der Waals surface area contributed by atoms with Gasteiger partial charge >= 0.3 is 5.97 Å². The van der Waals surface area contributed by atoms with Crippen LogP contribution in [0.2, 0.25) is 0 Å². The van der Waals surface area contributed by atoms with Crippen LogP contribution in [0.15, 0.2) is 30.3 Å². The molecule has 0 radical (unpaired) electrons. The fourth-order valence-electron chi connectivity index (χ4n) is 4.98. The molecule has 176 valence electrons. The third kappa shape index (κ3) is 4.60. The standard InChI is InChI=1S/C25H32N4O4/c1-17-21(25(32)33-3)18(2)26-22(17)24(31)29-11-7-8-19(16-29)23(30)28-14-12-27(13-15-28)20-9-5-4-6-10-20/h4-6,9-10,19,26H,7-8,11-16H2,1-3H3. The van der Waals surface area contributed by atoms with Crippen molar-refractivity contribution < 1.29 is 19.1 Å². The number of nitrogens with one attached hydrogen (secondary N) is 1. The van der Waals surface area contributed by atoms with E-state index >= 15 is 0 Å². The van der Waals surface area contributed by atoms with E-state index in [0.717, 1.165) is 25.9 Å². The number of aryl methyl sites for hydroxylation is 1. The summed E-state index contributed by atoms with van der Waals surface area (Å²) >= 11 is 0. The van der Waals surface area contributed by atoms with E-state index in [1.165, 1.54) is 12.8 Å². The molecule has 1 N–H and O–H groups in total. The fraction of sp³-hybridized carbons (Fsp3) is 0.480. The number of aromatic amines is 1. The van der Waals surface area contributed by atoms with Crippen molar-refractivity contribution in [2.75, 3.05) is 51.3 Å². The van der Waals surface area contributed by atoms with Crippen LogP contribution < -0.4 is 4.90 Å². The zero-order valence-corrected chi connectivity index (χ0v) is 19.6. The number of ether oxygens (including phenoxy) is 1. The molecule has 2 aliphatic heterocycles. The molecule has 8 nitrogen and oxygen atoms in total. The highest BCUT2D eigenvalue weighted by Gasteiger charge is 2.34. The van der Waals surface area contributed by atoms with Crippen LogP contribution in [-0.4, -0.2) is 78.9 Å². The van der Waals surface area contributed by atoms with Crippen molar-refractivity contribution in [3.8, 4) is 0 Å². The van der Waals surface area contributed by atoms with Crippen LogP contribution in [0.3, 0.4) is 0 Å². The zero-order chi connectivity index (χ0) is 23.5. The van der Waals surface area contributed by atoms with Gasteiger partial charge in [-0.1, -0.05) is 18.2 Å². The monoisotopic (exact) mass is 452 g/mol. The van der Waals surface area contributed by atoms with Crippen LogP contribution >= 0.6 is 0 Å². The molecule has 1 unspecified atom stereocenters. The summed E-state index contributed by atoms with van der Waals surface area (Å²) in [6.45, 7) is 7.52. The number of nitrogens with zero attached hydrogens (tertiary/aromatic N) is 3. The first-order valence-corrected chi connectivity index (χ1v) is 11.6. The summed E-state index contributed by atoms with van der Waals surface area (Å²) in [5.74, 6) is -0.684. The van der Waals surface area contributed by atoms with Gasteiger partial charge in [0, 0.05) is 50.6 Å². The van der Waals surface area contributed by atoms with Crippen LogP contribution in [-0.2, 0) is 9.53 Å². The van der Waals surface area contributed by atoms with Gasteiger partial charge < -0.3 is 24.4 Å². The SMILES string of the molecule is COC(=O)c1c(C)[nH]c(C(=O)N2CCCC(C(=O)N3CCN(c4ccccc4)CC3)C2)c1C. The molecule has 1 aromatic heterocycles. The van der Waals surface area contributed by atoms with Gasteiger partial charge in [-0.25, -0.2) is 4.79 Å². The number of H-pyrrole nitrogens is 1. The number of esters is 1. The molecule has 2 amide bonds. The Morgan fingerprint density at radius 1 is 0.970 bits per heavy atom. The van der Waals surface area contributed by atoms with Crippen molar-refractivity contribution in [1.29, 1.82) is 0 Å². The zero-order valence-electron chi connectivity index (χ0n) is 19.6. The van der Waals surface area contributed by atoms with Crippen molar-refractivity contribution in [3.05, 3.63) is 52.8 Å². The van der Waals surface area contributed by atoms with Crippen molar-refractivity contribution in [3.63, 3.8) is 0 Å². The van der Waals surface area contributed by atoms with Gasteiger partial charge in [0.1, 0.15) is 5.69 Å². The van der Waals surface area contributed by atoms with Gasteiger partial charge in [0.2, 0.25) is 5.91 Å². The molecule has 0 bridgehead atoms. The Morgan fingerprint density at radius 2 is 1.67 bits per heavy atom. The van der Waals surface area contributed by atoms with Gasteiger partial charge in [-0.05, 0) is 44.4 Å². The smallest absolute Gasteiger partial charge is 0.339 e. The Bertz CT molecular complexity index is 1020. The molecule has 8 heteroatoms.